The van der Waals surface area contributed by atoms with Crippen LogP contribution in [0.5, 0.6) is 0 Å². The number of furan rings is 1. The first-order valence-corrected chi connectivity index (χ1v) is 8.97. The van der Waals surface area contributed by atoms with Crippen molar-refractivity contribution in [2.75, 3.05) is 16.8 Å². The van der Waals surface area contributed by atoms with Crippen LogP contribution in [0.2, 0.25) is 0 Å². The standard InChI is InChI=1S/C22H21N3O/c1-13-9-11-16-17-12-10-14(2)23-22(17)26-21(16)20(13)25-15(3)24(4)18-7-5-6-8-19(18)25/h5-12,15H,1-4H3/t15-/m0/s1. The quantitative estimate of drug-likeness (QED) is 0.455. The molecular weight excluding hydrogens is 322 g/mol. The van der Waals surface area contributed by atoms with E-state index in [1.54, 1.807) is 0 Å². The molecule has 0 spiro atoms. The van der Waals surface area contributed by atoms with Crippen LogP contribution in [0.15, 0.2) is 52.9 Å². The zero-order chi connectivity index (χ0) is 18.0. The monoisotopic (exact) mass is 343 g/mol. The van der Waals surface area contributed by atoms with Crippen LogP contribution in [0, 0.1) is 13.8 Å². The summed E-state index contributed by atoms with van der Waals surface area (Å²) < 4.78 is 6.28. The van der Waals surface area contributed by atoms with Gasteiger partial charge in [0.25, 0.3) is 0 Å². The Morgan fingerprint density at radius 3 is 2.46 bits per heavy atom. The zero-order valence-corrected chi connectivity index (χ0v) is 15.4. The Balaban J connectivity index is 1.84. The van der Waals surface area contributed by atoms with E-state index in [1.807, 2.05) is 13.0 Å². The van der Waals surface area contributed by atoms with Crippen molar-refractivity contribution in [2.45, 2.75) is 26.9 Å². The highest BCUT2D eigenvalue weighted by molar-refractivity contribution is 6.10. The van der Waals surface area contributed by atoms with Gasteiger partial charge in [0, 0.05) is 23.5 Å². The molecule has 0 radical (unpaired) electrons. The molecule has 26 heavy (non-hydrogen) atoms. The van der Waals surface area contributed by atoms with Crippen LogP contribution in [0.3, 0.4) is 0 Å². The Bertz CT molecular complexity index is 1160. The van der Waals surface area contributed by atoms with Crippen molar-refractivity contribution < 1.29 is 4.42 Å². The summed E-state index contributed by atoms with van der Waals surface area (Å²) in [5, 5.41) is 2.19. The van der Waals surface area contributed by atoms with Crippen LogP contribution < -0.4 is 9.80 Å². The van der Waals surface area contributed by atoms with Crippen LogP contribution in [0.4, 0.5) is 17.1 Å². The van der Waals surface area contributed by atoms with Gasteiger partial charge in [-0.3, -0.25) is 0 Å². The van der Waals surface area contributed by atoms with Crippen molar-refractivity contribution >= 4 is 39.1 Å². The van der Waals surface area contributed by atoms with E-state index < -0.39 is 0 Å². The van der Waals surface area contributed by atoms with Crippen molar-refractivity contribution in [3.8, 4) is 0 Å². The van der Waals surface area contributed by atoms with Gasteiger partial charge in [-0.1, -0.05) is 24.3 Å². The van der Waals surface area contributed by atoms with Crippen LogP contribution in [-0.4, -0.2) is 18.2 Å². The smallest absolute Gasteiger partial charge is 0.227 e. The van der Waals surface area contributed by atoms with E-state index in [9.17, 15) is 0 Å². The first-order valence-electron chi connectivity index (χ1n) is 8.97. The van der Waals surface area contributed by atoms with Crippen molar-refractivity contribution in [2.24, 2.45) is 0 Å². The van der Waals surface area contributed by atoms with Gasteiger partial charge in [-0.2, -0.15) is 0 Å². The van der Waals surface area contributed by atoms with Crippen LogP contribution in [0.1, 0.15) is 18.2 Å². The van der Waals surface area contributed by atoms with E-state index in [2.05, 4.69) is 78.1 Å². The molecule has 0 amide bonds. The number of hydrogen-bond acceptors (Lipinski definition) is 4. The Hall–Kier alpha value is -3.01. The molecule has 0 bridgehead atoms. The third-order valence-electron chi connectivity index (χ3n) is 5.52. The number of hydrogen-bond donors (Lipinski definition) is 0. The fourth-order valence-electron chi connectivity index (χ4n) is 4.05. The SMILES string of the molecule is Cc1ccc2c(n1)oc1c(N3c4ccccc4N(C)[C@@H]3C)c(C)ccc12. The topological polar surface area (TPSA) is 32.5 Å². The molecule has 0 saturated carbocycles. The van der Waals surface area contributed by atoms with Crippen molar-refractivity contribution in [3.05, 3.63) is 59.8 Å². The molecule has 1 aliphatic heterocycles. The van der Waals surface area contributed by atoms with Gasteiger partial charge in [0.15, 0.2) is 5.58 Å². The van der Waals surface area contributed by atoms with Crippen molar-refractivity contribution in [1.82, 2.24) is 4.98 Å². The van der Waals surface area contributed by atoms with Gasteiger partial charge in [-0.05, 0) is 50.6 Å². The summed E-state index contributed by atoms with van der Waals surface area (Å²) in [6.45, 7) is 6.37. The summed E-state index contributed by atoms with van der Waals surface area (Å²) in [5.41, 5.74) is 7.36. The molecule has 1 aliphatic rings. The maximum atomic E-state index is 6.28. The van der Waals surface area contributed by atoms with Gasteiger partial charge in [0.2, 0.25) is 5.71 Å². The van der Waals surface area contributed by atoms with Gasteiger partial charge in [-0.15, -0.1) is 0 Å². The highest BCUT2D eigenvalue weighted by Gasteiger charge is 2.34. The Labute approximate surface area is 152 Å². The van der Waals surface area contributed by atoms with Crippen LogP contribution in [-0.2, 0) is 0 Å². The maximum Gasteiger partial charge on any atom is 0.227 e. The molecule has 0 fully saturated rings. The molecule has 1 atom stereocenters. The van der Waals surface area contributed by atoms with E-state index in [0.717, 1.165) is 27.7 Å². The molecule has 4 heteroatoms. The zero-order valence-electron chi connectivity index (χ0n) is 15.4. The van der Waals surface area contributed by atoms with E-state index >= 15 is 0 Å². The van der Waals surface area contributed by atoms with Crippen molar-refractivity contribution in [3.63, 3.8) is 0 Å². The van der Waals surface area contributed by atoms with Crippen molar-refractivity contribution in [1.29, 1.82) is 0 Å². The van der Waals surface area contributed by atoms with Gasteiger partial charge in [0.05, 0.1) is 17.1 Å². The second-order valence-electron chi connectivity index (χ2n) is 7.12. The first kappa shape index (κ1) is 15.3. The lowest BCUT2D eigenvalue weighted by Gasteiger charge is -2.29. The molecule has 130 valence electrons. The number of fused-ring (bicyclic) bond motifs is 4. The number of para-hydroxylation sites is 2. The van der Waals surface area contributed by atoms with E-state index in [4.69, 9.17) is 4.42 Å². The van der Waals surface area contributed by atoms with Gasteiger partial charge >= 0.3 is 0 Å². The summed E-state index contributed by atoms with van der Waals surface area (Å²) in [5.74, 6) is 0. The number of aryl methyl sites for hydroxylation is 2. The number of pyridine rings is 1. The Morgan fingerprint density at radius 2 is 1.65 bits per heavy atom. The number of aromatic nitrogens is 1. The molecule has 0 unspecified atom stereocenters. The minimum atomic E-state index is 0.208. The molecule has 5 rings (SSSR count). The summed E-state index contributed by atoms with van der Waals surface area (Å²) in [4.78, 5) is 9.27. The van der Waals surface area contributed by atoms with Crippen LogP contribution >= 0.6 is 0 Å². The average Bonchev–Trinajstić information content (AvgIpc) is 3.11. The lowest BCUT2D eigenvalue weighted by Crippen LogP contribution is -2.36. The van der Waals surface area contributed by atoms with Crippen LogP contribution in [0.25, 0.3) is 22.1 Å². The highest BCUT2D eigenvalue weighted by atomic mass is 16.3. The molecule has 4 nitrogen and oxygen atoms in total. The van der Waals surface area contributed by atoms with Gasteiger partial charge < -0.3 is 14.2 Å². The minimum Gasteiger partial charge on any atom is -0.435 e. The molecule has 3 heterocycles. The Morgan fingerprint density at radius 1 is 0.923 bits per heavy atom. The molecule has 0 saturated heterocycles. The van der Waals surface area contributed by atoms with Gasteiger partial charge in [-0.25, -0.2) is 4.98 Å². The number of rotatable bonds is 1. The summed E-state index contributed by atoms with van der Waals surface area (Å²) in [7, 11) is 2.14. The summed E-state index contributed by atoms with van der Waals surface area (Å²) in [6.07, 6.45) is 0.208. The number of nitrogens with zero attached hydrogens (tertiary/aromatic N) is 3. The van der Waals surface area contributed by atoms with E-state index in [1.165, 1.54) is 16.9 Å². The summed E-state index contributed by atoms with van der Waals surface area (Å²) in [6, 6.07) is 17.0. The third kappa shape index (κ3) is 1.93. The predicted octanol–water partition coefficient (Wildman–Crippen LogP) is 5.53. The fraction of sp³-hybridized carbons (Fsp3) is 0.227. The molecular formula is C22H21N3O. The third-order valence-corrected chi connectivity index (χ3v) is 5.52. The fourth-order valence-corrected chi connectivity index (χ4v) is 4.05. The lowest BCUT2D eigenvalue weighted by molar-refractivity contribution is 0.647. The maximum absolute atomic E-state index is 6.28. The second-order valence-corrected chi connectivity index (χ2v) is 7.12. The normalized spacial score (nSPS) is 16.7. The second kappa shape index (κ2) is 5.24. The average molecular weight is 343 g/mol. The Kier molecular flexibility index (Phi) is 3.08. The van der Waals surface area contributed by atoms with E-state index in [0.29, 0.717) is 5.71 Å². The predicted molar refractivity (Wildman–Crippen MR) is 107 cm³/mol. The molecule has 2 aromatic carbocycles. The molecule has 2 aromatic heterocycles. The minimum absolute atomic E-state index is 0.208. The van der Waals surface area contributed by atoms with E-state index in [-0.39, 0.29) is 6.17 Å². The summed E-state index contributed by atoms with van der Waals surface area (Å²) >= 11 is 0. The molecule has 4 aromatic rings. The number of benzene rings is 2. The first-order chi connectivity index (χ1) is 12.6. The largest absolute Gasteiger partial charge is 0.435 e. The highest BCUT2D eigenvalue weighted by Crippen LogP contribution is 2.47. The van der Waals surface area contributed by atoms with Gasteiger partial charge in [0.1, 0.15) is 6.17 Å². The lowest BCUT2D eigenvalue weighted by atomic mass is 10.1. The number of anilines is 3. The molecule has 0 aliphatic carbocycles. The molecule has 0 N–H and O–H groups in total.